The van der Waals surface area contributed by atoms with Crippen LogP contribution in [0, 0.1) is 0 Å². The second-order valence-corrected chi connectivity index (χ2v) is 8.72. The minimum atomic E-state index is -1.09. The summed E-state index contributed by atoms with van der Waals surface area (Å²) in [5, 5.41) is 4.22. The predicted octanol–water partition coefficient (Wildman–Crippen LogP) is 4.13. The first-order chi connectivity index (χ1) is 15.0. The average molecular weight is 418 g/mol. The Bertz CT molecular complexity index is 1160. The van der Waals surface area contributed by atoms with Crippen molar-refractivity contribution in [2.75, 3.05) is 12.0 Å². The molecular formula is C25H27N3O3. The first kappa shape index (κ1) is 19.7. The summed E-state index contributed by atoms with van der Waals surface area (Å²) in [6.45, 7) is 2.23. The van der Waals surface area contributed by atoms with Crippen molar-refractivity contribution >= 4 is 28.4 Å². The molecule has 1 aliphatic heterocycles. The van der Waals surface area contributed by atoms with Gasteiger partial charge in [0.05, 0.1) is 19.3 Å². The number of ether oxygens (including phenoxy) is 1. The van der Waals surface area contributed by atoms with Crippen LogP contribution in [0.3, 0.4) is 0 Å². The lowest BCUT2D eigenvalue weighted by Crippen LogP contribution is -2.65. The van der Waals surface area contributed by atoms with E-state index in [0.717, 1.165) is 36.6 Å². The zero-order valence-corrected chi connectivity index (χ0v) is 17.9. The maximum absolute atomic E-state index is 13.9. The molecule has 31 heavy (non-hydrogen) atoms. The third-order valence-corrected chi connectivity index (χ3v) is 6.70. The van der Waals surface area contributed by atoms with Crippen molar-refractivity contribution in [2.24, 2.45) is 0 Å². The van der Waals surface area contributed by atoms with E-state index in [1.807, 2.05) is 66.1 Å². The summed E-state index contributed by atoms with van der Waals surface area (Å²) in [5.74, 6) is 0.249. The number of benzene rings is 2. The van der Waals surface area contributed by atoms with Gasteiger partial charge in [0.2, 0.25) is 5.91 Å². The average Bonchev–Trinajstić information content (AvgIpc) is 3.42. The highest BCUT2D eigenvalue weighted by Gasteiger charge is 2.49. The number of fused-ring (bicyclic) bond motifs is 3. The van der Waals surface area contributed by atoms with Gasteiger partial charge in [-0.1, -0.05) is 43.2 Å². The molecule has 0 spiro atoms. The summed E-state index contributed by atoms with van der Waals surface area (Å²) in [6, 6.07) is 17.4. The lowest BCUT2D eigenvalue weighted by atomic mass is 9.93. The number of amides is 2. The van der Waals surface area contributed by atoms with E-state index in [9.17, 15) is 9.59 Å². The Hall–Kier alpha value is -3.28. The van der Waals surface area contributed by atoms with Crippen molar-refractivity contribution in [1.82, 2.24) is 9.88 Å². The van der Waals surface area contributed by atoms with E-state index in [4.69, 9.17) is 4.74 Å². The van der Waals surface area contributed by atoms with Crippen LogP contribution in [0.5, 0.6) is 5.75 Å². The number of hydrogen-bond acceptors (Lipinski definition) is 3. The molecule has 6 nitrogen and oxygen atoms in total. The fraction of sp³-hybridized carbons (Fsp3) is 0.360. The largest absolute Gasteiger partial charge is 0.495 e. The minimum absolute atomic E-state index is 0.123. The molecule has 2 aliphatic rings. The topological polar surface area (TPSA) is 63.6 Å². The molecule has 0 saturated heterocycles. The molecule has 1 fully saturated rings. The number of methoxy groups -OCH3 is 1. The summed E-state index contributed by atoms with van der Waals surface area (Å²) in [4.78, 5) is 29.2. The van der Waals surface area contributed by atoms with Crippen LogP contribution in [0.15, 0.2) is 54.6 Å². The Balaban J connectivity index is 1.67. The Labute approximate surface area is 181 Å². The molecule has 2 aromatic carbocycles. The maximum atomic E-state index is 13.9. The Morgan fingerprint density at radius 2 is 1.81 bits per heavy atom. The van der Waals surface area contributed by atoms with E-state index in [-0.39, 0.29) is 17.9 Å². The first-order valence-corrected chi connectivity index (χ1v) is 10.9. The number of aromatic nitrogens is 1. The summed E-state index contributed by atoms with van der Waals surface area (Å²) >= 11 is 0. The highest BCUT2D eigenvalue weighted by Crippen LogP contribution is 2.40. The van der Waals surface area contributed by atoms with Crippen molar-refractivity contribution in [3.05, 3.63) is 60.3 Å². The molecule has 1 saturated carbocycles. The second-order valence-electron chi connectivity index (χ2n) is 8.72. The Morgan fingerprint density at radius 3 is 2.58 bits per heavy atom. The van der Waals surface area contributed by atoms with Crippen LogP contribution >= 0.6 is 0 Å². The second kappa shape index (κ2) is 7.45. The number of carbonyl (C=O) groups is 2. The number of hydrogen-bond donors (Lipinski definition) is 1. The quantitative estimate of drug-likeness (QED) is 0.694. The van der Waals surface area contributed by atoms with Gasteiger partial charge in [-0.25, -0.2) is 0 Å². The Morgan fingerprint density at radius 1 is 1.10 bits per heavy atom. The van der Waals surface area contributed by atoms with Gasteiger partial charge in [0.15, 0.2) is 0 Å². The van der Waals surface area contributed by atoms with Gasteiger partial charge >= 0.3 is 0 Å². The Kier molecular flexibility index (Phi) is 4.73. The van der Waals surface area contributed by atoms with E-state index < -0.39 is 5.54 Å². The van der Waals surface area contributed by atoms with Crippen molar-refractivity contribution < 1.29 is 14.3 Å². The van der Waals surface area contributed by atoms with Gasteiger partial charge in [-0.3, -0.25) is 14.5 Å². The van der Waals surface area contributed by atoms with E-state index >= 15 is 0 Å². The standard InChI is InChI=1S/C25H27N3O3/c1-25(24(30)26-18-10-4-5-11-18)16-27-19-12-6-3-9-17(19)15-21(27)23(29)28(25)20-13-7-8-14-22(20)31-2/h3,6-9,12-15,18H,4-5,10-11,16H2,1-2H3,(H,26,30)/t25-/m1/s1. The van der Waals surface area contributed by atoms with Crippen molar-refractivity contribution in [1.29, 1.82) is 0 Å². The monoisotopic (exact) mass is 417 g/mol. The van der Waals surface area contributed by atoms with Crippen LogP contribution in [-0.4, -0.2) is 35.1 Å². The summed E-state index contributed by atoms with van der Waals surface area (Å²) in [5.41, 5.74) is 1.06. The minimum Gasteiger partial charge on any atom is -0.495 e. The molecule has 1 aliphatic carbocycles. The van der Waals surface area contributed by atoms with Crippen LogP contribution in [0.4, 0.5) is 5.69 Å². The van der Waals surface area contributed by atoms with Gasteiger partial charge in [-0.05, 0) is 44.0 Å². The molecule has 1 atom stereocenters. The van der Waals surface area contributed by atoms with Crippen LogP contribution in [0.1, 0.15) is 43.1 Å². The van der Waals surface area contributed by atoms with E-state index in [1.165, 1.54) is 0 Å². The highest BCUT2D eigenvalue weighted by molar-refractivity contribution is 6.14. The third kappa shape index (κ3) is 3.09. The molecule has 0 radical (unpaired) electrons. The zero-order valence-electron chi connectivity index (χ0n) is 17.9. The molecule has 5 rings (SSSR count). The van der Waals surface area contributed by atoms with Gasteiger partial charge < -0.3 is 14.6 Å². The van der Waals surface area contributed by atoms with Gasteiger partial charge in [0.25, 0.3) is 5.91 Å². The highest BCUT2D eigenvalue weighted by atomic mass is 16.5. The van der Waals surface area contributed by atoms with Crippen molar-refractivity contribution in [3.63, 3.8) is 0 Å². The molecule has 2 heterocycles. The van der Waals surface area contributed by atoms with E-state index in [2.05, 4.69) is 5.32 Å². The molecule has 1 N–H and O–H groups in total. The normalized spacial score (nSPS) is 21.4. The lowest BCUT2D eigenvalue weighted by Gasteiger charge is -2.44. The van der Waals surface area contributed by atoms with E-state index in [1.54, 1.807) is 12.0 Å². The molecule has 0 bridgehead atoms. The molecule has 6 heteroatoms. The predicted molar refractivity (Wildman–Crippen MR) is 121 cm³/mol. The van der Waals surface area contributed by atoms with E-state index in [0.29, 0.717) is 23.7 Å². The number of nitrogens with one attached hydrogen (secondary N) is 1. The van der Waals surface area contributed by atoms with Gasteiger partial charge in [-0.2, -0.15) is 0 Å². The molecule has 3 aromatic rings. The fourth-order valence-electron chi connectivity index (χ4n) is 5.05. The summed E-state index contributed by atoms with van der Waals surface area (Å²) in [6.07, 6.45) is 4.23. The molecule has 0 unspecified atom stereocenters. The van der Waals surface area contributed by atoms with Gasteiger partial charge in [0, 0.05) is 16.9 Å². The maximum Gasteiger partial charge on any atom is 0.276 e. The molecule has 2 amide bonds. The molecular weight excluding hydrogens is 390 g/mol. The van der Waals surface area contributed by atoms with Crippen LogP contribution in [0.2, 0.25) is 0 Å². The molecule has 160 valence electrons. The van der Waals surface area contributed by atoms with Crippen LogP contribution in [-0.2, 0) is 11.3 Å². The summed E-state index contributed by atoms with van der Waals surface area (Å²) in [7, 11) is 1.58. The van der Waals surface area contributed by atoms with Crippen molar-refractivity contribution in [2.45, 2.75) is 50.7 Å². The zero-order chi connectivity index (χ0) is 21.6. The number of para-hydroxylation sites is 3. The molecule has 1 aromatic heterocycles. The van der Waals surface area contributed by atoms with Crippen LogP contribution < -0.4 is 15.0 Å². The fourth-order valence-corrected chi connectivity index (χ4v) is 5.05. The first-order valence-electron chi connectivity index (χ1n) is 10.9. The van der Waals surface area contributed by atoms with Gasteiger partial charge in [0.1, 0.15) is 17.0 Å². The van der Waals surface area contributed by atoms with Gasteiger partial charge in [-0.15, -0.1) is 0 Å². The third-order valence-electron chi connectivity index (χ3n) is 6.70. The number of nitrogens with zero attached hydrogens (tertiary/aromatic N) is 2. The number of carbonyl (C=O) groups excluding carboxylic acids is 2. The number of anilines is 1. The SMILES string of the molecule is COc1ccccc1N1C(=O)c2cc3ccccc3n2C[C@]1(C)C(=O)NC1CCCC1. The summed E-state index contributed by atoms with van der Waals surface area (Å²) < 4.78 is 7.55. The van der Waals surface area contributed by atoms with Crippen molar-refractivity contribution in [3.8, 4) is 5.75 Å². The van der Waals surface area contributed by atoms with Crippen LogP contribution in [0.25, 0.3) is 10.9 Å². The number of rotatable bonds is 4. The smallest absolute Gasteiger partial charge is 0.276 e. The lowest BCUT2D eigenvalue weighted by molar-refractivity contribution is -0.127.